The van der Waals surface area contributed by atoms with Gasteiger partial charge in [-0.1, -0.05) is 23.7 Å². The molecule has 2 heterocycles. The van der Waals surface area contributed by atoms with Crippen LogP contribution in [0.15, 0.2) is 42.5 Å². The first-order valence-electron chi connectivity index (χ1n) is 16.2. The van der Waals surface area contributed by atoms with Crippen LogP contribution in [0.1, 0.15) is 63.9 Å². The summed E-state index contributed by atoms with van der Waals surface area (Å²) in [6.07, 6.45) is 1.30. The summed E-state index contributed by atoms with van der Waals surface area (Å²) < 4.78 is 11.6. The zero-order chi connectivity index (χ0) is 35.8. The molecular formula is C35H50ClN5O7. The first kappa shape index (κ1) is 38.7. The summed E-state index contributed by atoms with van der Waals surface area (Å²) in [4.78, 5) is 57.4. The number of amides is 3. The maximum Gasteiger partial charge on any atom is 0.307 e. The second-order valence-corrected chi connectivity index (χ2v) is 14.2. The minimum Gasteiger partial charge on any atom is -0.618 e. The van der Waals surface area contributed by atoms with Gasteiger partial charge in [0, 0.05) is 57.7 Å². The molecule has 3 N–H and O–H groups in total. The Bertz CT molecular complexity index is 1450. The lowest BCUT2D eigenvalue weighted by Gasteiger charge is -2.49. The highest BCUT2D eigenvalue weighted by Gasteiger charge is 2.45. The lowest BCUT2D eigenvalue weighted by Crippen LogP contribution is -2.65. The van der Waals surface area contributed by atoms with Crippen LogP contribution in [-0.4, -0.2) is 90.6 Å². The number of halogens is 1. The predicted molar refractivity (Wildman–Crippen MR) is 182 cm³/mol. The number of rotatable bonds is 13. The summed E-state index contributed by atoms with van der Waals surface area (Å²) in [6.45, 7) is 8.93. The van der Waals surface area contributed by atoms with Gasteiger partial charge in [-0.15, -0.1) is 0 Å². The number of nitrogens with zero attached hydrogens (tertiary/aromatic N) is 3. The minimum atomic E-state index is -1.01. The fourth-order valence-corrected chi connectivity index (χ4v) is 6.21. The number of piperidine rings is 1. The molecule has 48 heavy (non-hydrogen) atoms. The molecule has 1 aromatic heterocycles. The van der Waals surface area contributed by atoms with Gasteiger partial charge >= 0.3 is 5.97 Å². The molecule has 3 amide bonds. The van der Waals surface area contributed by atoms with Crippen molar-refractivity contribution in [3.8, 4) is 0 Å². The molecule has 12 nitrogen and oxygen atoms in total. The van der Waals surface area contributed by atoms with Gasteiger partial charge in [-0.05, 0) is 70.7 Å². The van der Waals surface area contributed by atoms with Crippen LogP contribution < -0.4 is 15.8 Å². The Kier molecular flexibility index (Phi) is 13.4. The van der Waals surface area contributed by atoms with Crippen molar-refractivity contribution in [2.75, 3.05) is 33.9 Å². The third-order valence-electron chi connectivity index (χ3n) is 8.56. The van der Waals surface area contributed by atoms with E-state index in [1.54, 1.807) is 74.9 Å². The summed E-state index contributed by atoms with van der Waals surface area (Å²) in [5.74, 6) is -2.65. The second-order valence-electron chi connectivity index (χ2n) is 13.7. The maximum absolute atomic E-state index is 14.4. The summed E-state index contributed by atoms with van der Waals surface area (Å²) in [6, 6.07) is 10.5. The molecule has 0 radical (unpaired) electrons. The molecule has 0 bridgehead atoms. The Morgan fingerprint density at radius 1 is 1.17 bits per heavy atom. The van der Waals surface area contributed by atoms with Crippen LogP contribution in [0.5, 0.6) is 0 Å². The topological polar surface area (TPSA) is 158 Å². The van der Waals surface area contributed by atoms with E-state index in [4.69, 9.17) is 26.8 Å². The zero-order valence-electron chi connectivity index (χ0n) is 29.1. The Morgan fingerprint density at radius 3 is 2.44 bits per heavy atom. The fourth-order valence-electron chi connectivity index (χ4n) is 6.08. The van der Waals surface area contributed by atoms with E-state index in [2.05, 4.69) is 5.32 Å². The highest BCUT2D eigenvalue weighted by molar-refractivity contribution is 6.30. The van der Waals surface area contributed by atoms with Crippen molar-refractivity contribution < 1.29 is 33.4 Å². The molecule has 0 unspecified atom stereocenters. The number of aryl methyl sites for hydroxylation is 1. The molecule has 0 saturated carbocycles. The Hall–Kier alpha value is -3.74. The Morgan fingerprint density at radius 2 is 1.83 bits per heavy atom. The standard InChI is InChI=1S/C35H50ClN5O7/c1-23-10-8-11-28(41(23)46)18-26(19-30(42)48-34(3,4)5)32(44)40-17-9-16-35(22-40,20-25-12-14-27(36)15-13-25)39(6)33(45)29(21-47-7)38-31(43)24(2)37/h8,10-15,24,26,29H,9,16-22,37H2,1-7H3,(H,38,43)/t24-,26+,29-,35+/m0/s1. The van der Waals surface area contributed by atoms with Gasteiger partial charge in [0.05, 0.1) is 30.5 Å². The fraction of sp³-hybridized carbons (Fsp3) is 0.571. The SMILES string of the molecule is COC[C@H](NC(=O)[C@H](C)N)C(=O)N(C)[C@@]1(Cc2ccc(Cl)cc2)CCCN(C(=O)[C@@H](CC(=O)OC(C)(C)C)Cc2cccc(C)[n+]2[O-])C1. The molecule has 3 rings (SSSR count). The van der Waals surface area contributed by atoms with Gasteiger partial charge in [-0.2, -0.15) is 4.73 Å². The van der Waals surface area contributed by atoms with Gasteiger partial charge in [0.25, 0.3) is 0 Å². The molecule has 1 aliphatic rings. The summed E-state index contributed by atoms with van der Waals surface area (Å²) in [7, 11) is 3.10. The molecular weight excluding hydrogens is 638 g/mol. The Labute approximate surface area is 288 Å². The number of esters is 1. The van der Waals surface area contributed by atoms with Crippen LogP contribution in [0.2, 0.25) is 5.02 Å². The van der Waals surface area contributed by atoms with E-state index in [0.717, 1.165) is 10.3 Å². The van der Waals surface area contributed by atoms with Crippen molar-refractivity contribution in [1.29, 1.82) is 0 Å². The van der Waals surface area contributed by atoms with E-state index in [-0.39, 0.29) is 31.9 Å². The number of hydrogen-bond acceptors (Lipinski definition) is 8. The van der Waals surface area contributed by atoms with Crippen LogP contribution in [0.4, 0.5) is 0 Å². The summed E-state index contributed by atoms with van der Waals surface area (Å²) in [5, 5.41) is 16.2. The number of hydrogen-bond donors (Lipinski definition) is 2. The summed E-state index contributed by atoms with van der Waals surface area (Å²) >= 11 is 6.18. The number of likely N-dealkylation sites (N-methyl/N-ethyl adjacent to an activating group) is 1. The van der Waals surface area contributed by atoms with Crippen molar-refractivity contribution in [2.24, 2.45) is 11.7 Å². The number of aromatic nitrogens is 1. The number of methoxy groups -OCH3 is 1. The van der Waals surface area contributed by atoms with E-state index in [1.807, 2.05) is 12.1 Å². The molecule has 0 spiro atoms. The number of carbonyl (C=O) groups excluding carboxylic acids is 4. The minimum absolute atomic E-state index is 0.0257. The predicted octanol–water partition coefficient (Wildman–Crippen LogP) is 2.71. The normalized spacial score (nSPS) is 18.4. The van der Waals surface area contributed by atoms with Crippen molar-refractivity contribution in [3.63, 3.8) is 0 Å². The summed E-state index contributed by atoms with van der Waals surface area (Å²) in [5.41, 5.74) is 5.84. The maximum atomic E-state index is 14.4. The van der Waals surface area contributed by atoms with Crippen molar-refractivity contribution in [3.05, 3.63) is 69.6 Å². The smallest absolute Gasteiger partial charge is 0.307 e. The first-order valence-corrected chi connectivity index (χ1v) is 16.6. The van der Waals surface area contributed by atoms with Crippen molar-refractivity contribution >= 4 is 35.3 Å². The van der Waals surface area contributed by atoms with Crippen LogP contribution in [0.25, 0.3) is 0 Å². The molecule has 1 saturated heterocycles. The van der Waals surface area contributed by atoms with Gasteiger partial charge in [-0.3, -0.25) is 19.2 Å². The largest absolute Gasteiger partial charge is 0.618 e. The molecule has 1 aromatic carbocycles. The average molecular weight is 688 g/mol. The molecule has 264 valence electrons. The second kappa shape index (κ2) is 16.6. The zero-order valence-corrected chi connectivity index (χ0v) is 29.8. The number of nitrogens with one attached hydrogen (secondary N) is 1. The molecule has 13 heteroatoms. The number of carbonyl (C=O) groups is 4. The number of benzene rings is 1. The van der Waals surface area contributed by atoms with E-state index in [9.17, 15) is 24.4 Å². The lowest BCUT2D eigenvalue weighted by molar-refractivity contribution is -0.621. The number of nitrogens with two attached hydrogens (primary N) is 1. The average Bonchev–Trinajstić information content (AvgIpc) is 3.01. The lowest BCUT2D eigenvalue weighted by atomic mass is 9.80. The van der Waals surface area contributed by atoms with E-state index < -0.39 is 46.9 Å². The number of ether oxygens (including phenoxy) is 2. The highest BCUT2D eigenvalue weighted by atomic mass is 35.5. The molecule has 1 fully saturated rings. The van der Waals surface area contributed by atoms with Crippen LogP contribution >= 0.6 is 11.6 Å². The van der Waals surface area contributed by atoms with Gasteiger partial charge in [0.1, 0.15) is 11.6 Å². The molecule has 4 atom stereocenters. The van der Waals surface area contributed by atoms with E-state index in [0.29, 0.717) is 42.2 Å². The van der Waals surface area contributed by atoms with Crippen LogP contribution in [0.3, 0.4) is 0 Å². The number of pyridine rings is 1. The van der Waals surface area contributed by atoms with Gasteiger partial charge < -0.3 is 35.5 Å². The molecule has 1 aliphatic heterocycles. The molecule has 0 aliphatic carbocycles. The van der Waals surface area contributed by atoms with Crippen LogP contribution in [-0.2, 0) is 41.5 Å². The third kappa shape index (κ3) is 10.4. The van der Waals surface area contributed by atoms with Gasteiger partial charge in [0.2, 0.25) is 17.7 Å². The third-order valence-corrected chi connectivity index (χ3v) is 8.81. The quantitative estimate of drug-likeness (QED) is 0.185. The molecule has 2 aromatic rings. The monoisotopic (exact) mass is 687 g/mol. The van der Waals surface area contributed by atoms with Gasteiger partial charge in [-0.25, -0.2) is 0 Å². The first-order chi connectivity index (χ1) is 22.5. The highest BCUT2D eigenvalue weighted by Crippen LogP contribution is 2.33. The van der Waals surface area contributed by atoms with E-state index >= 15 is 0 Å². The van der Waals surface area contributed by atoms with Crippen LogP contribution in [0, 0.1) is 18.0 Å². The van der Waals surface area contributed by atoms with E-state index in [1.165, 1.54) is 14.0 Å². The van der Waals surface area contributed by atoms with Crippen molar-refractivity contribution in [2.45, 2.75) is 89.9 Å². The Balaban J connectivity index is 2.01. The number of likely N-dealkylation sites (tertiary alicyclic amines) is 1. The van der Waals surface area contributed by atoms with Gasteiger partial charge in [0.15, 0.2) is 11.4 Å². The van der Waals surface area contributed by atoms with Crippen molar-refractivity contribution in [1.82, 2.24) is 15.1 Å².